The number of carbonyl (C=O) groups is 3. The molecule has 7 nitrogen and oxygen atoms in total. The average molecular weight is 348 g/mol. The first-order valence-electron chi connectivity index (χ1n) is 8.34. The fourth-order valence-electron chi connectivity index (χ4n) is 2.87. The number of carbonyl (C=O) groups excluding carboxylic acids is 2. The van der Waals surface area contributed by atoms with E-state index in [9.17, 15) is 14.4 Å². The highest BCUT2D eigenvalue weighted by atomic mass is 16.5. The topological polar surface area (TPSA) is 95.9 Å². The van der Waals surface area contributed by atoms with Gasteiger partial charge in [-0.3, -0.25) is 4.79 Å². The molecule has 1 atom stereocenters. The SMILES string of the molecule is COC(=O)c1cc(C(C)C)ccc1NC(=O)N1CCCC(C(=O)O)C1. The number of piperidine rings is 1. The van der Waals surface area contributed by atoms with E-state index in [1.54, 1.807) is 12.1 Å². The number of rotatable bonds is 4. The van der Waals surface area contributed by atoms with Gasteiger partial charge in [-0.05, 0) is 36.5 Å². The number of likely N-dealkylation sites (tertiary alicyclic amines) is 1. The number of hydrogen-bond acceptors (Lipinski definition) is 4. The number of carboxylic acid groups (broad SMARTS) is 1. The third-order valence-corrected chi connectivity index (χ3v) is 4.42. The Hall–Kier alpha value is -2.57. The van der Waals surface area contributed by atoms with Crippen LogP contribution in [0.5, 0.6) is 0 Å². The lowest BCUT2D eigenvalue weighted by atomic mass is 9.98. The zero-order valence-electron chi connectivity index (χ0n) is 14.7. The number of urea groups is 1. The van der Waals surface area contributed by atoms with Gasteiger partial charge in [0.1, 0.15) is 0 Å². The van der Waals surface area contributed by atoms with Crippen molar-refractivity contribution in [2.75, 3.05) is 25.5 Å². The fourth-order valence-corrected chi connectivity index (χ4v) is 2.87. The van der Waals surface area contributed by atoms with Crippen LogP contribution in [0.4, 0.5) is 10.5 Å². The minimum Gasteiger partial charge on any atom is -0.481 e. The molecule has 0 aromatic heterocycles. The number of hydrogen-bond donors (Lipinski definition) is 2. The highest BCUT2D eigenvalue weighted by Gasteiger charge is 2.28. The number of anilines is 1. The summed E-state index contributed by atoms with van der Waals surface area (Å²) >= 11 is 0. The van der Waals surface area contributed by atoms with Gasteiger partial charge in [0.15, 0.2) is 0 Å². The predicted molar refractivity (Wildman–Crippen MR) is 92.8 cm³/mol. The lowest BCUT2D eigenvalue weighted by Crippen LogP contribution is -2.44. The van der Waals surface area contributed by atoms with Gasteiger partial charge in [-0.2, -0.15) is 0 Å². The Morgan fingerprint density at radius 1 is 1.32 bits per heavy atom. The van der Waals surface area contributed by atoms with Crippen LogP contribution in [0.3, 0.4) is 0 Å². The van der Waals surface area contributed by atoms with Gasteiger partial charge in [0.2, 0.25) is 0 Å². The van der Waals surface area contributed by atoms with Gasteiger partial charge in [0.05, 0.1) is 24.3 Å². The molecule has 0 radical (unpaired) electrons. The Labute approximate surface area is 147 Å². The van der Waals surface area contributed by atoms with Gasteiger partial charge in [0, 0.05) is 13.1 Å². The molecule has 0 saturated carbocycles. The van der Waals surface area contributed by atoms with Crippen molar-refractivity contribution in [3.63, 3.8) is 0 Å². The summed E-state index contributed by atoms with van der Waals surface area (Å²) in [5.41, 5.74) is 1.61. The second kappa shape index (κ2) is 8.00. The Bertz CT molecular complexity index is 671. The van der Waals surface area contributed by atoms with Crippen molar-refractivity contribution < 1.29 is 24.2 Å². The molecule has 0 bridgehead atoms. The van der Waals surface area contributed by atoms with E-state index < -0.39 is 23.9 Å². The maximum atomic E-state index is 12.5. The number of methoxy groups -OCH3 is 1. The fraction of sp³-hybridized carbons (Fsp3) is 0.500. The Morgan fingerprint density at radius 3 is 2.64 bits per heavy atom. The first-order chi connectivity index (χ1) is 11.8. The molecule has 1 aromatic rings. The van der Waals surface area contributed by atoms with Crippen LogP contribution in [0.2, 0.25) is 0 Å². The molecule has 1 aliphatic rings. The summed E-state index contributed by atoms with van der Waals surface area (Å²) in [6.45, 7) is 4.68. The number of carboxylic acids is 1. The van der Waals surface area contributed by atoms with Crippen LogP contribution in [0.15, 0.2) is 18.2 Å². The summed E-state index contributed by atoms with van der Waals surface area (Å²) in [5.74, 6) is -1.75. The lowest BCUT2D eigenvalue weighted by molar-refractivity contribution is -0.143. The number of amides is 2. The molecular weight excluding hydrogens is 324 g/mol. The highest BCUT2D eigenvalue weighted by molar-refractivity contribution is 6.01. The van der Waals surface area contributed by atoms with Crippen molar-refractivity contribution in [1.82, 2.24) is 4.90 Å². The summed E-state index contributed by atoms with van der Waals surface area (Å²) in [6.07, 6.45) is 1.20. The number of aliphatic carboxylic acids is 1. The molecule has 1 aliphatic heterocycles. The Balaban J connectivity index is 2.19. The Kier molecular flexibility index (Phi) is 6.01. The van der Waals surface area contributed by atoms with Crippen molar-refractivity contribution in [2.24, 2.45) is 5.92 Å². The maximum Gasteiger partial charge on any atom is 0.339 e. The zero-order chi connectivity index (χ0) is 18.6. The zero-order valence-corrected chi connectivity index (χ0v) is 14.7. The van der Waals surface area contributed by atoms with Crippen molar-refractivity contribution in [1.29, 1.82) is 0 Å². The average Bonchev–Trinajstić information content (AvgIpc) is 2.61. The molecule has 1 heterocycles. The van der Waals surface area contributed by atoms with Crippen molar-refractivity contribution >= 4 is 23.7 Å². The van der Waals surface area contributed by atoms with E-state index in [0.717, 1.165) is 5.56 Å². The van der Waals surface area contributed by atoms with Crippen LogP contribution in [0, 0.1) is 5.92 Å². The molecule has 2 amide bonds. The number of nitrogens with zero attached hydrogens (tertiary/aromatic N) is 1. The first kappa shape index (κ1) is 18.8. The lowest BCUT2D eigenvalue weighted by Gasteiger charge is -2.31. The van der Waals surface area contributed by atoms with Crippen LogP contribution >= 0.6 is 0 Å². The van der Waals surface area contributed by atoms with Crippen LogP contribution < -0.4 is 5.32 Å². The molecule has 7 heteroatoms. The third-order valence-electron chi connectivity index (χ3n) is 4.42. The molecular formula is C18H24N2O5. The quantitative estimate of drug-likeness (QED) is 0.816. The predicted octanol–water partition coefficient (Wildman–Crippen LogP) is 2.93. The largest absolute Gasteiger partial charge is 0.481 e. The standard InChI is InChI=1S/C18H24N2O5/c1-11(2)12-6-7-15(14(9-12)17(23)25-3)19-18(24)20-8-4-5-13(10-20)16(21)22/h6-7,9,11,13H,4-5,8,10H2,1-3H3,(H,19,24)(H,21,22). The summed E-state index contributed by atoms with van der Waals surface area (Å²) in [4.78, 5) is 37.1. The molecule has 1 aromatic carbocycles. The first-order valence-corrected chi connectivity index (χ1v) is 8.34. The van der Waals surface area contributed by atoms with Gasteiger partial charge in [-0.1, -0.05) is 19.9 Å². The normalized spacial score (nSPS) is 17.3. The van der Waals surface area contributed by atoms with Crippen LogP contribution in [-0.4, -0.2) is 48.2 Å². The van der Waals surface area contributed by atoms with E-state index in [-0.39, 0.29) is 18.0 Å². The van der Waals surface area contributed by atoms with Gasteiger partial charge in [0.25, 0.3) is 0 Å². The van der Waals surface area contributed by atoms with Crippen LogP contribution in [0.25, 0.3) is 0 Å². The monoisotopic (exact) mass is 348 g/mol. The van der Waals surface area contributed by atoms with E-state index in [0.29, 0.717) is 25.1 Å². The Morgan fingerprint density at radius 2 is 2.04 bits per heavy atom. The molecule has 136 valence electrons. The minimum atomic E-state index is -0.894. The van der Waals surface area contributed by atoms with Crippen molar-refractivity contribution in [3.05, 3.63) is 29.3 Å². The van der Waals surface area contributed by atoms with Gasteiger partial charge in [-0.25, -0.2) is 9.59 Å². The number of ether oxygens (including phenoxy) is 1. The van der Waals surface area contributed by atoms with Crippen molar-refractivity contribution in [2.45, 2.75) is 32.6 Å². The molecule has 1 unspecified atom stereocenters. The minimum absolute atomic E-state index is 0.165. The summed E-state index contributed by atoms with van der Waals surface area (Å²) in [6, 6.07) is 4.83. The molecule has 1 saturated heterocycles. The van der Waals surface area contributed by atoms with E-state index in [2.05, 4.69) is 5.32 Å². The summed E-state index contributed by atoms with van der Waals surface area (Å²) in [5, 5.41) is 11.9. The smallest absolute Gasteiger partial charge is 0.339 e. The van der Waals surface area contributed by atoms with Gasteiger partial charge < -0.3 is 20.1 Å². The molecule has 0 aliphatic carbocycles. The summed E-state index contributed by atoms with van der Waals surface area (Å²) in [7, 11) is 1.29. The molecule has 1 fully saturated rings. The second-order valence-electron chi connectivity index (χ2n) is 6.50. The molecule has 25 heavy (non-hydrogen) atoms. The third kappa shape index (κ3) is 4.49. The van der Waals surface area contributed by atoms with Crippen LogP contribution in [0.1, 0.15) is 48.5 Å². The van der Waals surface area contributed by atoms with E-state index in [1.165, 1.54) is 12.0 Å². The van der Waals surface area contributed by atoms with Gasteiger partial charge >= 0.3 is 18.0 Å². The number of benzene rings is 1. The number of nitrogens with one attached hydrogen (secondary N) is 1. The van der Waals surface area contributed by atoms with E-state index in [4.69, 9.17) is 9.84 Å². The molecule has 2 N–H and O–H groups in total. The molecule has 0 spiro atoms. The van der Waals surface area contributed by atoms with Gasteiger partial charge in [-0.15, -0.1) is 0 Å². The van der Waals surface area contributed by atoms with Crippen molar-refractivity contribution in [3.8, 4) is 0 Å². The van der Waals surface area contributed by atoms with Crippen LogP contribution in [-0.2, 0) is 9.53 Å². The number of esters is 1. The maximum absolute atomic E-state index is 12.5. The van der Waals surface area contributed by atoms with E-state index >= 15 is 0 Å². The second-order valence-corrected chi connectivity index (χ2v) is 6.50. The molecule has 2 rings (SSSR count). The summed E-state index contributed by atoms with van der Waals surface area (Å²) < 4.78 is 4.81. The van der Waals surface area contributed by atoms with E-state index in [1.807, 2.05) is 19.9 Å². The highest BCUT2D eigenvalue weighted by Crippen LogP contribution is 2.24.